The normalized spacial score (nSPS) is 12.3. The quantitative estimate of drug-likeness (QED) is 0.731. The van der Waals surface area contributed by atoms with E-state index in [0.29, 0.717) is 39.3 Å². The van der Waals surface area contributed by atoms with Crippen molar-refractivity contribution in [3.63, 3.8) is 0 Å². The van der Waals surface area contributed by atoms with Crippen molar-refractivity contribution in [3.8, 4) is 11.5 Å². The molecule has 1 heterocycles. The highest BCUT2D eigenvalue weighted by Crippen LogP contribution is 2.37. The number of Topliss-reactive ketones (excluding diaryl/α,β-unsaturated/α-hetero) is 1. The molecule has 2 aromatic carbocycles. The molecule has 1 aliphatic heterocycles. The molecule has 8 heteroatoms. The summed E-state index contributed by atoms with van der Waals surface area (Å²) < 4.78 is 10.6. The predicted octanol–water partition coefficient (Wildman–Crippen LogP) is 4.00. The van der Waals surface area contributed by atoms with E-state index in [4.69, 9.17) is 32.7 Å². The van der Waals surface area contributed by atoms with Crippen molar-refractivity contribution in [3.05, 3.63) is 51.5 Å². The van der Waals surface area contributed by atoms with Gasteiger partial charge in [0, 0.05) is 28.2 Å². The third kappa shape index (κ3) is 4.71. The minimum Gasteiger partial charge on any atom is -0.454 e. The number of carbonyl (C=O) groups is 2. The van der Waals surface area contributed by atoms with E-state index < -0.39 is 0 Å². The van der Waals surface area contributed by atoms with Crippen LogP contribution in [0.2, 0.25) is 10.0 Å². The van der Waals surface area contributed by atoms with Crippen molar-refractivity contribution >= 4 is 40.6 Å². The summed E-state index contributed by atoms with van der Waals surface area (Å²) in [6.07, 6.45) is 0. The molecule has 0 spiro atoms. The van der Waals surface area contributed by atoms with Crippen LogP contribution in [0.1, 0.15) is 22.8 Å². The SMILES string of the molecule is CC(=O)c1cc2c(cc1NC(=O)CN(C)Cc1ccc(Cl)cc1Cl)OCO2. The van der Waals surface area contributed by atoms with Crippen LogP contribution in [0.25, 0.3) is 0 Å². The largest absolute Gasteiger partial charge is 0.454 e. The molecule has 6 nitrogen and oxygen atoms in total. The molecule has 27 heavy (non-hydrogen) atoms. The molecule has 0 aliphatic carbocycles. The molecule has 1 aliphatic rings. The average molecular weight is 409 g/mol. The Morgan fingerprint density at radius 1 is 1.15 bits per heavy atom. The monoisotopic (exact) mass is 408 g/mol. The fourth-order valence-corrected chi connectivity index (χ4v) is 3.24. The fraction of sp³-hybridized carbons (Fsp3) is 0.263. The van der Waals surface area contributed by atoms with Gasteiger partial charge in [-0.15, -0.1) is 0 Å². The number of nitrogens with zero attached hydrogens (tertiary/aromatic N) is 1. The van der Waals surface area contributed by atoms with Gasteiger partial charge in [0.15, 0.2) is 17.3 Å². The highest BCUT2D eigenvalue weighted by molar-refractivity contribution is 6.35. The van der Waals surface area contributed by atoms with E-state index >= 15 is 0 Å². The molecule has 0 bridgehead atoms. The predicted molar refractivity (Wildman–Crippen MR) is 104 cm³/mol. The van der Waals surface area contributed by atoms with E-state index in [1.54, 1.807) is 31.3 Å². The number of ether oxygens (including phenoxy) is 2. The second kappa shape index (κ2) is 8.17. The first kappa shape index (κ1) is 19.5. The first-order valence-corrected chi connectivity index (χ1v) is 8.96. The lowest BCUT2D eigenvalue weighted by molar-refractivity contribution is -0.117. The van der Waals surface area contributed by atoms with Gasteiger partial charge in [-0.3, -0.25) is 14.5 Å². The van der Waals surface area contributed by atoms with Gasteiger partial charge in [0.05, 0.1) is 12.2 Å². The molecule has 3 rings (SSSR count). The third-order valence-electron chi connectivity index (χ3n) is 4.04. The summed E-state index contributed by atoms with van der Waals surface area (Å²) in [5.41, 5.74) is 1.63. The van der Waals surface area contributed by atoms with Crippen molar-refractivity contribution < 1.29 is 19.1 Å². The van der Waals surface area contributed by atoms with Crippen molar-refractivity contribution in [1.29, 1.82) is 0 Å². The number of fused-ring (bicyclic) bond motifs is 1. The molecule has 0 fully saturated rings. The van der Waals surface area contributed by atoms with E-state index in [1.165, 1.54) is 6.92 Å². The molecule has 0 saturated carbocycles. The Balaban J connectivity index is 1.67. The zero-order valence-corrected chi connectivity index (χ0v) is 16.4. The number of halogens is 2. The van der Waals surface area contributed by atoms with Crippen LogP contribution in [0.15, 0.2) is 30.3 Å². The van der Waals surface area contributed by atoms with Crippen molar-refractivity contribution in [1.82, 2.24) is 4.90 Å². The number of hydrogen-bond donors (Lipinski definition) is 1. The van der Waals surface area contributed by atoms with Gasteiger partial charge in [0.1, 0.15) is 0 Å². The zero-order valence-electron chi connectivity index (χ0n) is 14.8. The molecule has 1 amide bonds. The third-order valence-corrected chi connectivity index (χ3v) is 4.62. The van der Waals surface area contributed by atoms with E-state index in [-0.39, 0.29) is 25.0 Å². The topological polar surface area (TPSA) is 67.9 Å². The van der Waals surface area contributed by atoms with Gasteiger partial charge >= 0.3 is 0 Å². The zero-order chi connectivity index (χ0) is 19.6. The highest BCUT2D eigenvalue weighted by Gasteiger charge is 2.20. The lowest BCUT2D eigenvalue weighted by atomic mass is 10.1. The minimum atomic E-state index is -0.260. The first-order chi connectivity index (χ1) is 12.8. The lowest BCUT2D eigenvalue weighted by Gasteiger charge is -2.18. The van der Waals surface area contributed by atoms with Crippen LogP contribution in [0.3, 0.4) is 0 Å². The van der Waals surface area contributed by atoms with Gasteiger partial charge in [-0.25, -0.2) is 0 Å². The van der Waals surface area contributed by atoms with Gasteiger partial charge in [-0.2, -0.15) is 0 Å². The van der Waals surface area contributed by atoms with Crippen LogP contribution in [0.4, 0.5) is 5.69 Å². The Morgan fingerprint density at radius 2 is 1.85 bits per heavy atom. The van der Waals surface area contributed by atoms with E-state index in [1.807, 2.05) is 11.0 Å². The smallest absolute Gasteiger partial charge is 0.238 e. The Morgan fingerprint density at radius 3 is 2.52 bits per heavy atom. The van der Waals surface area contributed by atoms with E-state index in [0.717, 1.165) is 5.56 Å². The van der Waals surface area contributed by atoms with Gasteiger partial charge in [0.2, 0.25) is 12.7 Å². The molecule has 0 saturated heterocycles. The van der Waals surface area contributed by atoms with Gasteiger partial charge in [0.25, 0.3) is 0 Å². The summed E-state index contributed by atoms with van der Waals surface area (Å²) >= 11 is 12.1. The Kier molecular flexibility index (Phi) is 5.89. The number of hydrogen-bond acceptors (Lipinski definition) is 5. The van der Waals surface area contributed by atoms with Crippen LogP contribution in [-0.4, -0.2) is 37.0 Å². The maximum absolute atomic E-state index is 12.4. The van der Waals surface area contributed by atoms with Crippen molar-refractivity contribution in [2.24, 2.45) is 0 Å². The molecular weight excluding hydrogens is 391 g/mol. The number of benzene rings is 2. The van der Waals surface area contributed by atoms with Crippen LogP contribution >= 0.6 is 23.2 Å². The van der Waals surface area contributed by atoms with E-state index in [9.17, 15) is 9.59 Å². The van der Waals surface area contributed by atoms with Crippen LogP contribution in [0.5, 0.6) is 11.5 Å². The molecule has 0 atom stereocenters. The summed E-state index contributed by atoms with van der Waals surface area (Å²) in [6, 6.07) is 8.43. The van der Waals surface area contributed by atoms with Gasteiger partial charge < -0.3 is 14.8 Å². The number of nitrogens with one attached hydrogen (secondary N) is 1. The van der Waals surface area contributed by atoms with Crippen molar-refractivity contribution in [2.75, 3.05) is 25.7 Å². The first-order valence-electron chi connectivity index (χ1n) is 8.20. The van der Waals surface area contributed by atoms with Crippen LogP contribution in [0, 0.1) is 0 Å². The summed E-state index contributed by atoms with van der Waals surface area (Å²) in [7, 11) is 1.80. The molecule has 2 aromatic rings. The van der Waals surface area contributed by atoms with Crippen LogP contribution < -0.4 is 14.8 Å². The highest BCUT2D eigenvalue weighted by atomic mass is 35.5. The van der Waals surface area contributed by atoms with Gasteiger partial charge in [-0.05, 0) is 37.7 Å². The molecule has 0 aromatic heterocycles. The fourth-order valence-electron chi connectivity index (χ4n) is 2.77. The molecule has 1 N–H and O–H groups in total. The Hall–Kier alpha value is -2.28. The number of rotatable bonds is 6. The summed E-state index contributed by atoms with van der Waals surface area (Å²) in [5, 5.41) is 3.88. The summed E-state index contributed by atoms with van der Waals surface area (Å²) in [6.45, 7) is 2.12. The standard InChI is InChI=1S/C19H18Cl2N2O4/c1-11(24)14-6-17-18(27-10-26-17)7-16(14)22-19(25)9-23(2)8-12-3-4-13(20)5-15(12)21/h3-7H,8-10H2,1-2H3,(H,22,25). The molecule has 0 radical (unpaired) electrons. The summed E-state index contributed by atoms with van der Waals surface area (Å²) in [5.74, 6) is 0.554. The number of ketones is 1. The molecule has 0 unspecified atom stereocenters. The summed E-state index contributed by atoms with van der Waals surface area (Å²) in [4.78, 5) is 26.1. The number of anilines is 1. The minimum absolute atomic E-state index is 0.0919. The van der Waals surface area contributed by atoms with Crippen molar-refractivity contribution in [2.45, 2.75) is 13.5 Å². The Bertz CT molecular complexity index is 902. The second-order valence-corrected chi connectivity index (χ2v) is 7.11. The Labute approximate surface area is 167 Å². The number of amides is 1. The maximum atomic E-state index is 12.4. The molecule has 142 valence electrons. The maximum Gasteiger partial charge on any atom is 0.238 e. The van der Waals surface area contributed by atoms with Crippen LogP contribution in [-0.2, 0) is 11.3 Å². The number of likely N-dealkylation sites (N-methyl/N-ethyl adjacent to an activating group) is 1. The second-order valence-electron chi connectivity index (χ2n) is 6.26. The van der Waals surface area contributed by atoms with E-state index in [2.05, 4.69) is 5.32 Å². The average Bonchev–Trinajstić information content (AvgIpc) is 3.03. The van der Waals surface area contributed by atoms with Gasteiger partial charge in [-0.1, -0.05) is 29.3 Å². The number of carbonyl (C=O) groups excluding carboxylic acids is 2. The lowest BCUT2D eigenvalue weighted by Crippen LogP contribution is -2.30. The molecular formula is C19H18Cl2N2O4.